The highest BCUT2D eigenvalue weighted by atomic mass is 32.2. The van der Waals surface area contributed by atoms with E-state index >= 15 is 0 Å². The number of para-hydroxylation sites is 1. The molecule has 182 valence electrons. The fraction of sp³-hybridized carbons (Fsp3) is 0.214. The predicted molar refractivity (Wildman–Crippen MR) is 144 cm³/mol. The largest absolute Gasteiger partial charge is 0.305 e. The average molecular weight is 516 g/mol. The Labute approximate surface area is 214 Å². The third-order valence-corrected chi connectivity index (χ3v) is 9.22. The van der Waals surface area contributed by atoms with Crippen molar-refractivity contribution in [1.29, 1.82) is 0 Å². The van der Waals surface area contributed by atoms with Crippen LogP contribution in [0.5, 0.6) is 0 Å². The molecule has 0 atom stereocenters. The van der Waals surface area contributed by atoms with Crippen molar-refractivity contribution in [2.45, 2.75) is 37.6 Å². The van der Waals surface area contributed by atoms with E-state index in [0.29, 0.717) is 41.5 Å². The topological polar surface area (TPSA) is 71.7 Å². The summed E-state index contributed by atoms with van der Waals surface area (Å²) in [7, 11) is -3.73. The molecule has 8 heteroatoms. The summed E-state index contributed by atoms with van der Waals surface area (Å²) in [5.74, 6) is 2.56. The molecule has 1 amide bonds. The number of carbonyl (C=O) groups excluding carboxylic acids is 1. The zero-order valence-corrected chi connectivity index (χ0v) is 21.6. The fourth-order valence-corrected chi connectivity index (χ4v) is 6.96. The van der Waals surface area contributed by atoms with Crippen LogP contribution in [0.15, 0.2) is 76.6 Å². The molecule has 0 radical (unpaired) electrons. The number of nitrogens with zero attached hydrogens (tertiary/aromatic N) is 3. The average Bonchev–Trinajstić information content (AvgIpc) is 3.46. The minimum atomic E-state index is -3.73. The molecule has 0 aliphatic carbocycles. The lowest BCUT2D eigenvalue weighted by atomic mass is 10.0. The SMILES string of the molecule is C#CCn1c(=NC(=O)c2ccc(S(=O)(=O)N3CCc4ccccc43)cc2)sc2cc(C(C)C)ccc21. The molecule has 6 nitrogen and oxygen atoms in total. The zero-order chi connectivity index (χ0) is 25.4. The quantitative estimate of drug-likeness (QED) is 0.353. The van der Waals surface area contributed by atoms with Gasteiger partial charge in [-0.15, -0.1) is 6.42 Å². The summed E-state index contributed by atoms with van der Waals surface area (Å²) >= 11 is 1.41. The third kappa shape index (κ3) is 4.25. The fourth-order valence-electron chi connectivity index (χ4n) is 4.38. The number of carbonyl (C=O) groups is 1. The van der Waals surface area contributed by atoms with E-state index in [1.54, 1.807) is 0 Å². The molecule has 1 aliphatic heterocycles. The number of thiazole rings is 1. The first-order valence-electron chi connectivity index (χ1n) is 11.7. The van der Waals surface area contributed by atoms with Crippen LogP contribution in [0.25, 0.3) is 10.2 Å². The summed E-state index contributed by atoms with van der Waals surface area (Å²) in [6.45, 7) is 4.95. The molecule has 0 saturated heterocycles. The highest BCUT2D eigenvalue weighted by molar-refractivity contribution is 7.92. The Morgan fingerprint density at radius 3 is 2.58 bits per heavy atom. The monoisotopic (exact) mass is 515 g/mol. The van der Waals surface area contributed by atoms with E-state index in [1.807, 2.05) is 34.9 Å². The normalized spacial score (nSPS) is 13.8. The minimum Gasteiger partial charge on any atom is -0.305 e. The standard InChI is InChI=1S/C28H25N3O3S2/c1-4-16-30-25-14-11-22(19(2)3)18-26(25)35-28(30)29-27(32)21-9-12-23(13-10-21)36(33,34)31-17-15-20-7-5-6-8-24(20)31/h1,5-14,18-19H,15-17H2,2-3H3. The van der Waals surface area contributed by atoms with Crippen LogP contribution in [0, 0.1) is 12.3 Å². The van der Waals surface area contributed by atoms with Gasteiger partial charge in [0.15, 0.2) is 4.80 Å². The zero-order valence-electron chi connectivity index (χ0n) is 20.0. The molecule has 0 bridgehead atoms. The van der Waals surface area contributed by atoms with Crippen LogP contribution in [-0.4, -0.2) is 25.4 Å². The van der Waals surface area contributed by atoms with Gasteiger partial charge in [0.25, 0.3) is 15.9 Å². The van der Waals surface area contributed by atoms with Crippen molar-refractivity contribution in [2.75, 3.05) is 10.8 Å². The number of anilines is 1. The van der Waals surface area contributed by atoms with Crippen LogP contribution < -0.4 is 9.11 Å². The van der Waals surface area contributed by atoms with Crippen LogP contribution in [0.2, 0.25) is 0 Å². The maximum absolute atomic E-state index is 13.3. The van der Waals surface area contributed by atoms with Gasteiger partial charge >= 0.3 is 0 Å². The van der Waals surface area contributed by atoms with E-state index < -0.39 is 15.9 Å². The molecule has 0 saturated carbocycles. The highest BCUT2D eigenvalue weighted by Gasteiger charge is 2.30. The number of aromatic nitrogens is 1. The van der Waals surface area contributed by atoms with E-state index in [9.17, 15) is 13.2 Å². The van der Waals surface area contributed by atoms with Crippen LogP contribution in [0.1, 0.15) is 41.3 Å². The molecule has 0 fully saturated rings. The lowest BCUT2D eigenvalue weighted by molar-refractivity contribution is 0.0998. The van der Waals surface area contributed by atoms with Gasteiger partial charge in [0, 0.05) is 12.1 Å². The van der Waals surface area contributed by atoms with Gasteiger partial charge in [-0.05, 0) is 65.9 Å². The molecule has 1 aliphatic rings. The lowest BCUT2D eigenvalue weighted by Crippen LogP contribution is -2.29. The number of sulfonamides is 1. The van der Waals surface area contributed by atoms with Crippen molar-refractivity contribution in [1.82, 2.24) is 4.57 Å². The number of hydrogen-bond acceptors (Lipinski definition) is 4. The Morgan fingerprint density at radius 1 is 1.11 bits per heavy atom. The molecule has 0 spiro atoms. The van der Waals surface area contributed by atoms with Crippen LogP contribution in [-0.2, 0) is 23.0 Å². The van der Waals surface area contributed by atoms with Gasteiger partial charge < -0.3 is 4.57 Å². The molecule has 0 N–H and O–H groups in total. The molecular formula is C28H25N3O3S2. The number of fused-ring (bicyclic) bond motifs is 2. The van der Waals surface area contributed by atoms with Crippen molar-refractivity contribution in [3.05, 3.63) is 88.2 Å². The van der Waals surface area contributed by atoms with Gasteiger partial charge in [0.05, 0.1) is 27.3 Å². The molecule has 1 aromatic heterocycles. The van der Waals surface area contributed by atoms with Gasteiger partial charge in [-0.25, -0.2) is 8.42 Å². The maximum atomic E-state index is 13.3. The second kappa shape index (κ2) is 9.41. The van der Waals surface area contributed by atoms with E-state index in [4.69, 9.17) is 6.42 Å². The lowest BCUT2D eigenvalue weighted by Gasteiger charge is -2.19. The van der Waals surface area contributed by atoms with Crippen molar-refractivity contribution in [3.63, 3.8) is 0 Å². The van der Waals surface area contributed by atoms with Crippen molar-refractivity contribution in [3.8, 4) is 12.3 Å². The summed E-state index contributed by atoms with van der Waals surface area (Å²) < 4.78 is 30.8. The van der Waals surface area contributed by atoms with Gasteiger partial charge in [-0.1, -0.05) is 55.4 Å². The van der Waals surface area contributed by atoms with Gasteiger partial charge in [-0.3, -0.25) is 9.10 Å². The molecule has 3 aromatic carbocycles. The first-order valence-corrected chi connectivity index (χ1v) is 13.9. The van der Waals surface area contributed by atoms with Crippen LogP contribution in [0.4, 0.5) is 5.69 Å². The van der Waals surface area contributed by atoms with Gasteiger partial charge in [0.1, 0.15) is 0 Å². The van der Waals surface area contributed by atoms with E-state index in [-0.39, 0.29) is 4.90 Å². The van der Waals surface area contributed by atoms with Crippen LogP contribution in [0.3, 0.4) is 0 Å². The summed E-state index contributed by atoms with van der Waals surface area (Å²) in [5.41, 5.74) is 4.16. The summed E-state index contributed by atoms with van der Waals surface area (Å²) in [6, 6.07) is 19.6. The number of amides is 1. The van der Waals surface area contributed by atoms with Crippen molar-refractivity contribution < 1.29 is 13.2 Å². The Kier molecular flexibility index (Phi) is 6.29. The van der Waals surface area contributed by atoms with E-state index in [0.717, 1.165) is 15.8 Å². The number of rotatable bonds is 5. The van der Waals surface area contributed by atoms with Gasteiger partial charge in [-0.2, -0.15) is 4.99 Å². The summed E-state index contributed by atoms with van der Waals surface area (Å²) in [6.07, 6.45) is 6.26. The Morgan fingerprint density at radius 2 is 1.86 bits per heavy atom. The van der Waals surface area contributed by atoms with E-state index in [1.165, 1.54) is 45.5 Å². The molecule has 5 rings (SSSR count). The first-order chi connectivity index (χ1) is 17.3. The maximum Gasteiger partial charge on any atom is 0.279 e. The molecule has 4 aromatic rings. The Hall–Kier alpha value is -3.67. The smallest absolute Gasteiger partial charge is 0.279 e. The van der Waals surface area contributed by atoms with Crippen LogP contribution >= 0.6 is 11.3 Å². The Balaban J connectivity index is 1.47. The molecule has 36 heavy (non-hydrogen) atoms. The van der Waals surface area contributed by atoms with Gasteiger partial charge in [0.2, 0.25) is 0 Å². The summed E-state index contributed by atoms with van der Waals surface area (Å²) in [5, 5.41) is 0. The number of hydrogen-bond donors (Lipinski definition) is 0. The second-order valence-electron chi connectivity index (χ2n) is 8.95. The molecule has 2 heterocycles. The van der Waals surface area contributed by atoms with E-state index in [2.05, 4.69) is 36.9 Å². The second-order valence-corrected chi connectivity index (χ2v) is 11.8. The first kappa shape index (κ1) is 24.0. The summed E-state index contributed by atoms with van der Waals surface area (Å²) in [4.78, 5) is 18.0. The molecule has 0 unspecified atom stereocenters. The highest BCUT2D eigenvalue weighted by Crippen LogP contribution is 2.32. The van der Waals surface area contributed by atoms with Crippen molar-refractivity contribution in [2.24, 2.45) is 4.99 Å². The number of terminal acetylenes is 1. The predicted octanol–water partition coefficient (Wildman–Crippen LogP) is 4.95. The molecular weight excluding hydrogens is 490 g/mol. The minimum absolute atomic E-state index is 0.140. The third-order valence-electron chi connectivity index (χ3n) is 6.35. The number of benzene rings is 3. The Bertz CT molecular complexity index is 1690. The van der Waals surface area contributed by atoms with Crippen molar-refractivity contribution >= 4 is 43.2 Å².